The lowest BCUT2D eigenvalue weighted by Crippen LogP contribution is -2.50. The van der Waals surface area contributed by atoms with Gasteiger partial charge in [0.1, 0.15) is 5.84 Å². The van der Waals surface area contributed by atoms with Gasteiger partial charge in [0.25, 0.3) is 5.92 Å². The number of amidine groups is 1. The summed E-state index contributed by atoms with van der Waals surface area (Å²) >= 11 is 0. The highest BCUT2D eigenvalue weighted by Gasteiger charge is 2.59. The van der Waals surface area contributed by atoms with Crippen molar-refractivity contribution in [3.05, 3.63) is 12.3 Å². The van der Waals surface area contributed by atoms with Gasteiger partial charge in [-0.25, -0.2) is 13.8 Å². The van der Waals surface area contributed by atoms with Crippen molar-refractivity contribution in [3.63, 3.8) is 0 Å². The Morgan fingerprint density at radius 3 is 2.78 bits per heavy atom. The summed E-state index contributed by atoms with van der Waals surface area (Å²) in [5, 5.41) is 18.6. The number of aliphatic hydroxyl groups excluding tert-OH is 2. The highest BCUT2D eigenvalue weighted by atomic mass is 19.3. The molecule has 0 spiro atoms. The van der Waals surface area contributed by atoms with Crippen molar-refractivity contribution in [3.8, 4) is 0 Å². The smallest absolute Gasteiger partial charge is 0.297 e. The quantitative estimate of drug-likeness (QED) is 0.621. The first-order chi connectivity index (χ1) is 8.37. The molecule has 0 saturated carbocycles. The molecule has 6 nitrogen and oxygen atoms in total. The third-order valence-corrected chi connectivity index (χ3v) is 3.20. The predicted octanol–water partition coefficient (Wildman–Crippen LogP) is -0.563. The first kappa shape index (κ1) is 13.2. The van der Waals surface area contributed by atoms with Crippen LogP contribution in [0.2, 0.25) is 0 Å². The Kier molecular flexibility index (Phi) is 3.26. The van der Waals surface area contributed by atoms with Gasteiger partial charge in [-0.15, -0.1) is 0 Å². The number of aliphatic imine (C=N–C) groups is 1. The molecule has 0 aromatic carbocycles. The maximum absolute atomic E-state index is 14.0. The first-order valence-corrected chi connectivity index (χ1v) is 5.49. The summed E-state index contributed by atoms with van der Waals surface area (Å²) in [7, 11) is 0. The number of rotatable bonds is 2. The van der Waals surface area contributed by atoms with Gasteiger partial charge in [-0.1, -0.05) is 6.92 Å². The van der Waals surface area contributed by atoms with Crippen molar-refractivity contribution >= 4 is 5.84 Å². The van der Waals surface area contributed by atoms with Crippen LogP contribution in [0.1, 0.15) is 6.92 Å². The average molecular weight is 263 g/mol. The van der Waals surface area contributed by atoms with E-state index in [1.807, 2.05) is 0 Å². The molecule has 0 aliphatic carbocycles. The average Bonchev–Trinajstić information content (AvgIpc) is 2.52. The summed E-state index contributed by atoms with van der Waals surface area (Å²) in [6.07, 6.45) is -1.67. The fourth-order valence-electron chi connectivity index (χ4n) is 2.00. The van der Waals surface area contributed by atoms with Crippen LogP contribution in [0.4, 0.5) is 8.78 Å². The molecule has 2 rings (SSSR count). The van der Waals surface area contributed by atoms with Crippen molar-refractivity contribution in [2.75, 3.05) is 6.61 Å². The van der Waals surface area contributed by atoms with Gasteiger partial charge < -0.3 is 25.6 Å². The summed E-state index contributed by atoms with van der Waals surface area (Å²) in [5.41, 5.74) is 5.34. The van der Waals surface area contributed by atoms with Gasteiger partial charge in [-0.3, -0.25) is 0 Å². The second-order valence-corrected chi connectivity index (χ2v) is 4.34. The minimum Gasteiger partial charge on any atom is -0.394 e. The summed E-state index contributed by atoms with van der Waals surface area (Å²) in [6, 6.07) is 0. The van der Waals surface area contributed by atoms with E-state index in [-0.39, 0.29) is 5.84 Å². The van der Waals surface area contributed by atoms with Crippen LogP contribution in [0.25, 0.3) is 0 Å². The van der Waals surface area contributed by atoms with Gasteiger partial charge in [0, 0.05) is 6.20 Å². The lowest BCUT2D eigenvalue weighted by atomic mass is 9.99. The molecule has 102 valence electrons. The molecule has 4 atom stereocenters. The Labute approximate surface area is 102 Å². The summed E-state index contributed by atoms with van der Waals surface area (Å²) in [4.78, 5) is 4.44. The maximum Gasteiger partial charge on any atom is 0.297 e. The topological polar surface area (TPSA) is 91.3 Å². The van der Waals surface area contributed by atoms with E-state index in [9.17, 15) is 13.9 Å². The second kappa shape index (κ2) is 4.45. The molecule has 0 bridgehead atoms. The molecule has 2 aliphatic heterocycles. The van der Waals surface area contributed by atoms with E-state index < -0.39 is 37.1 Å². The number of hydrogen-bond donors (Lipinski definition) is 3. The minimum atomic E-state index is -3.21. The van der Waals surface area contributed by atoms with Crippen LogP contribution in [0, 0.1) is 5.92 Å². The number of halogens is 2. The number of nitrogens with two attached hydrogens (primary N) is 1. The first-order valence-electron chi connectivity index (χ1n) is 5.49. The predicted molar refractivity (Wildman–Crippen MR) is 58.5 cm³/mol. The number of nitrogens with zero attached hydrogens (tertiary/aromatic N) is 2. The summed E-state index contributed by atoms with van der Waals surface area (Å²) in [5.74, 6) is -4.32. The SMILES string of the molecule is CC1C(CO)OC(N2C=CC(N)=NC2O)C1(F)F. The van der Waals surface area contributed by atoms with Crippen LogP contribution < -0.4 is 5.73 Å². The van der Waals surface area contributed by atoms with Gasteiger partial charge >= 0.3 is 0 Å². The third kappa shape index (κ3) is 1.96. The third-order valence-electron chi connectivity index (χ3n) is 3.20. The Bertz CT molecular complexity index is 389. The van der Waals surface area contributed by atoms with Crippen molar-refractivity contribution in [2.45, 2.75) is 31.5 Å². The molecule has 1 fully saturated rings. The van der Waals surface area contributed by atoms with Crippen molar-refractivity contribution < 1.29 is 23.7 Å². The molecule has 18 heavy (non-hydrogen) atoms. The van der Waals surface area contributed by atoms with E-state index >= 15 is 0 Å². The Morgan fingerprint density at radius 2 is 2.28 bits per heavy atom. The molecule has 4 N–H and O–H groups in total. The van der Waals surface area contributed by atoms with Crippen LogP contribution >= 0.6 is 0 Å². The lowest BCUT2D eigenvalue weighted by molar-refractivity contribution is -0.180. The Hall–Kier alpha value is -1.25. The molecule has 0 amide bonds. The van der Waals surface area contributed by atoms with Gasteiger partial charge in [-0.2, -0.15) is 0 Å². The van der Waals surface area contributed by atoms with Crippen LogP contribution in [0.3, 0.4) is 0 Å². The molecular formula is C10H15F2N3O3. The van der Waals surface area contributed by atoms with Gasteiger partial charge in [0.05, 0.1) is 18.6 Å². The van der Waals surface area contributed by atoms with Crippen molar-refractivity contribution in [1.29, 1.82) is 0 Å². The van der Waals surface area contributed by atoms with E-state index in [0.717, 1.165) is 4.90 Å². The zero-order valence-electron chi connectivity index (χ0n) is 9.70. The zero-order chi connectivity index (χ0) is 13.5. The molecule has 0 radical (unpaired) electrons. The molecule has 2 heterocycles. The zero-order valence-corrected chi connectivity index (χ0v) is 9.70. The van der Waals surface area contributed by atoms with Crippen LogP contribution in [0.5, 0.6) is 0 Å². The number of aliphatic hydroxyl groups is 2. The van der Waals surface area contributed by atoms with Crippen molar-refractivity contribution in [1.82, 2.24) is 4.90 Å². The van der Waals surface area contributed by atoms with E-state index in [4.69, 9.17) is 15.6 Å². The normalized spacial score (nSPS) is 38.9. The highest BCUT2D eigenvalue weighted by Crippen LogP contribution is 2.43. The monoisotopic (exact) mass is 263 g/mol. The molecule has 1 saturated heterocycles. The second-order valence-electron chi connectivity index (χ2n) is 4.34. The molecule has 2 aliphatic rings. The van der Waals surface area contributed by atoms with E-state index in [2.05, 4.69) is 4.99 Å². The van der Waals surface area contributed by atoms with Crippen molar-refractivity contribution in [2.24, 2.45) is 16.6 Å². The lowest BCUT2D eigenvalue weighted by Gasteiger charge is -2.34. The van der Waals surface area contributed by atoms with E-state index in [1.54, 1.807) is 0 Å². The number of hydrogen-bond acceptors (Lipinski definition) is 6. The van der Waals surface area contributed by atoms with E-state index in [1.165, 1.54) is 19.2 Å². The summed E-state index contributed by atoms with van der Waals surface area (Å²) < 4.78 is 33.1. The van der Waals surface area contributed by atoms with Crippen LogP contribution in [0.15, 0.2) is 17.3 Å². The molecule has 0 aromatic rings. The summed E-state index contributed by atoms with van der Waals surface area (Å²) in [6.45, 7) is 0.783. The van der Waals surface area contributed by atoms with Gasteiger partial charge in [-0.05, 0) is 6.08 Å². The largest absolute Gasteiger partial charge is 0.394 e. The van der Waals surface area contributed by atoms with E-state index in [0.29, 0.717) is 0 Å². The standard InChI is InChI=1S/C10H15F2N3O3/c1-5-6(4-16)18-8(10(5,11)12)15-3-2-7(13)14-9(15)17/h2-3,5-6,8-9,16-17H,4H2,1H3,(H2,13,14). The Balaban J connectivity index is 2.22. The maximum atomic E-state index is 14.0. The fraction of sp³-hybridized carbons (Fsp3) is 0.700. The fourth-order valence-corrected chi connectivity index (χ4v) is 2.00. The van der Waals surface area contributed by atoms with Crippen LogP contribution in [-0.4, -0.2) is 52.2 Å². The van der Waals surface area contributed by atoms with Crippen LogP contribution in [-0.2, 0) is 4.74 Å². The van der Waals surface area contributed by atoms with Gasteiger partial charge in [0.15, 0.2) is 6.23 Å². The molecule has 4 unspecified atom stereocenters. The Morgan fingerprint density at radius 1 is 1.61 bits per heavy atom. The molecule has 0 aromatic heterocycles. The number of ether oxygens (including phenoxy) is 1. The highest BCUT2D eigenvalue weighted by molar-refractivity contribution is 5.91. The minimum absolute atomic E-state index is 0.0480. The van der Waals surface area contributed by atoms with Gasteiger partial charge in [0.2, 0.25) is 6.35 Å². The number of alkyl halides is 2. The molecular weight excluding hydrogens is 248 g/mol. The molecule has 8 heteroatoms.